The van der Waals surface area contributed by atoms with Gasteiger partial charge in [-0.3, -0.25) is 9.59 Å². The molecule has 8 nitrogen and oxygen atoms in total. The number of piperazine rings is 1. The van der Waals surface area contributed by atoms with E-state index in [1.807, 2.05) is 36.1 Å². The Morgan fingerprint density at radius 3 is 2.62 bits per heavy atom. The molecule has 1 aliphatic rings. The van der Waals surface area contributed by atoms with Crippen LogP contribution in [0.1, 0.15) is 23.0 Å². The van der Waals surface area contributed by atoms with Gasteiger partial charge in [-0.1, -0.05) is 24.6 Å². The number of rotatable bonds is 4. The average molecular weight is 413 g/mol. The highest BCUT2D eigenvalue weighted by atomic mass is 35.5. The molecule has 0 aliphatic carbocycles. The Bertz CT molecular complexity index is 1060. The first-order chi connectivity index (χ1) is 14.1. The number of H-pyrrole nitrogens is 1. The molecule has 1 aromatic carbocycles. The van der Waals surface area contributed by atoms with Crippen LogP contribution in [0, 0.1) is 0 Å². The van der Waals surface area contributed by atoms with E-state index >= 15 is 0 Å². The Hall–Kier alpha value is -3.13. The van der Waals surface area contributed by atoms with Crippen molar-refractivity contribution in [1.29, 1.82) is 0 Å². The van der Waals surface area contributed by atoms with Crippen LogP contribution in [-0.2, 0) is 6.42 Å². The summed E-state index contributed by atoms with van der Waals surface area (Å²) in [5, 5.41) is 11.5. The topological polar surface area (TPSA) is 87.1 Å². The van der Waals surface area contributed by atoms with Crippen LogP contribution in [0.5, 0.6) is 0 Å². The summed E-state index contributed by atoms with van der Waals surface area (Å²) in [5.41, 5.74) is 2.12. The van der Waals surface area contributed by atoms with Crippen molar-refractivity contribution in [2.75, 3.05) is 31.1 Å². The summed E-state index contributed by atoms with van der Waals surface area (Å²) in [6, 6.07) is 10.7. The lowest BCUT2D eigenvalue weighted by molar-refractivity contribution is 0.0745. The summed E-state index contributed by atoms with van der Waals surface area (Å²) in [7, 11) is 0. The molecule has 0 unspecified atom stereocenters. The molecule has 0 atom stereocenters. The Morgan fingerprint density at radius 2 is 1.97 bits per heavy atom. The number of hydrogen-bond acceptors (Lipinski definition) is 5. The first-order valence-electron chi connectivity index (χ1n) is 9.49. The first-order valence-corrected chi connectivity index (χ1v) is 9.87. The van der Waals surface area contributed by atoms with Crippen LogP contribution < -0.4 is 10.5 Å². The van der Waals surface area contributed by atoms with Crippen molar-refractivity contribution in [2.24, 2.45) is 0 Å². The quantitative estimate of drug-likeness (QED) is 0.709. The van der Waals surface area contributed by atoms with Crippen LogP contribution >= 0.6 is 11.6 Å². The lowest BCUT2D eigenvalue weighted by atomic mass is 10.1. The van der Waals surface area contributed by atoms with Crippen molar-refractivity contribution >= 4 is 23.2 Å². The minimum Gasteiger partial charge on any atom is -0.368 e. The third-order valence-electron chi connectivity index (χ3n) is 5.06. The molecule has 4 rings (SSSR count). The minimum absolute atomic E-state index is 0.0386. The molecule has 1 amide bonds. The second-order valence-corrected chi connectivity index (χ2v) is 7.25. The number of nitrogens with zero attached hydrogens (tertiary/aromatic N) is 5. The van der Waals surface area contributed by atoms with E-state index in [0.29, 0.717) is 35.9 Å². The van der Waals surface area contributed by atoms with Gasteiger partial charge in [-0.2, -0.15) is 10.2 Å². The van der Waals surface area contributed by atoms with Crippen molar-refractivity contribution < 1.29 is 4.79 Å². The fraction of sp³-hybridized carbons (Fsp3) is 0.300. The fourth-order valence-corrected chi connectivity index (χ4v) is 3.74. The molecule has 1 saturated heterocycles. The van der Waals surface area contributed by atoms with E-state index in [2.05, 4.69) is 20.2 Å². The SMILES string of the molecule is CCc1c(C(=O)N2CCN(c3cccc(Cl)c3)CC2)cnn1-c1ccc(=O)[nH]n1. The smallest absolute Gasteiger partial charge is 0.264 e. The van der Waals surface area contributed by atoms with Crippen molar-refractivity contribution in [3.63, 3.8) is 0 Å². The van der Waals surface area contributed by atoms with Gasteiger partial charge in [0, 0.05) is 43.0 Å². The molecule has 0 radical (unpaired) electrons. The lowest BCUT2D eigenvalue weighted by Gasteiger charge is -2.36. The van der Waals surface area contributed by atoms with Gasteiger partial charge in [0.1, 0.15) is 0 Å². The van der Waals surface area contributed by atoms with E-state index in [1.54, 1.807) is 16.9 Å². The van der Waals surface area contributed by atoms with Crippen LogP contribution in [-0.4, -0.2) is 57.0 Å². The van der Waals surface area contributed by atoms with Gasteiger partial charge in [0.2, 0.25) is 0 Å². The number of halogens is 1. The van der Waals surface area contributed by atoms with Gasteiger partial charge in [-0.15, -0.1) is 0 Å². The lowest BCUT2D eigenvalue weighted by Crippen LogP contribution is -2.49. The third kappa shape index (κ3) is 3.88. The fourth-order valence-electron chi connectivity index (χ4n) is 3.56. The summed E-state index contributed by atoms with van der Waals surface area (Å²) in [5.74, 6) is 0.439. The highest BCUT2D eigenvalue weighted by Crippen LogP contribution is 2.22. The van der Waals surface area contributed by atoms with Gasteiger partial charge in [0.15, 0.2) is 5.82 Å². The monoisotopic (exact) mass is 412 g/mol. The molecule has 0 spiro atoms. The zero-order chi connectivity index (χ0) is 20.4. The first kappa shape index (κ1) is 19.2. The molecule has 0 bridgehead atoms. The molecular formula is C20H21ClN6O2. The number of benzene rings is 1. The van der Waals surface area contributed by atoms with Crippen molar-refractivity contribution in [2.45, 2.75) is 13.3 Å². The number of aromatic nitrogens is 4. The van der Waals surface area contributed by atoms with Gasteiger partial charge >= 0.3 is 0 Å². The molecule has 29 heavy (non-hydrogen) atoms. The maximum atomic E-state index is 13.1. The molecule has 3 heterocycles. The number of carbonyl (C=O) groups excluding carboxylic acids is 1. The van der Waals surface area contributed by atoms with Gasteiger partial charge < -0.3 is 9.80 Å². The molecule has 1 fully saturated rings. The molecule has 1 aliphatic heterocycles. The normalized spacial score (nSPS) is 14.3. The summed E-state index contributed by atoms with van der Waals surface area (Å²) in [4.78, 5) is 28.5. The largest absolute Gasteiger partial charge is 0.368 e. The molecule has 150 valence electrons. The summed E-state index contributed by atoms with van der Waals surface area (Å²) < 4.78 is 1.60. The predicted octanol–water partition coefficient (Wildman–Crippen LogP) is 2.13. The zero-order valence-corrected chi connectivity index (χ0v) is 16.8. The molecule has 2 aromatic heterocycles. The minimum atomic E-state index is -0.284. The van der Waals surface area contributed by atoms with Gasteiger partial charge in [0.05, 0.1) is 17.5 Å². The molecular weight excluding hydrogens is 392 g/mol. The number of aromatic amines is 1. The molecule has 0 saturated carbocycles. The second-order valence-electron chi connectivity index (χ2n) is 6.81. The summed E-state index contributed by atoms with van der Waals surface area (Å²) in [6.45, 7) is 4.69. The predicted molar refractivity (Wildman–Crippen MR) is 111 cm³/mol. The van der Waals surface area contributed by atoms with E-state index < -0.39 is 0 Å². The molecule has 9 heteroatoms. The van der Waals surface area contributed by atoms with E-state index in [9.17, 15) is 9.59 Å². The highest BCUT2D eigenvalue weighted by Gasteiger charge is 2.26. The van der Waals surface area contributed by atoms with Crippen molar-refractivity contribution in [3.8, 4) is 5.82 Å². The number of hydrogen-bond donors (Lipinski definition) is 1. The molecule has 1 N–H and O–H groups in total. The average Bonchev–Trinajstić information content (AvgIpc) is 3.18. The number of anilines is 1. The number of nitrogens with one attached hydrogen (secondary N) is 1. The summed E-state index contributed by atoms with van der Waals surface area (Å²) in [6.07, 6.45) is 2.20. The van der Waals surface area contributed by atoms with Crippen LogP contribution in [0.4, 0.5) is 5.69 Å². The van der Waals surface area contributed by atoms with Gasteiger partial charge in [-0.25, -0.2) is 9.78 Å². The van der Waals surface area contributed by atoms with Gasteiger partial charge in [-0.05, 0) is 30.7 Å². The van der Waals surface area contributed by atoms with E-state index in [1.165, 1.54) is 6.07 Å². The van der Waals surface area contributed by atoms with E-state index in [-0.39, 0.29) is 11.5 Å². The van der Waals surface area contributed by atoms with Crippen LogP contribution in [0.3, 0.4) is 0 Å². The second kappa shape index (κ2) is 8.08. The van der Waals surface area contributed by atoms with Crippen LogP contribution in [0.2, 0.25) is 5.02 Å². The Morgan fingerprint density at radius 1 is 1.17 bits per heavy atom. The van der Waals surface area contributed by atoms with Crippen molar-refractivity contribution in [1.82, 2.24) is 24.9 Å². The third-order valence-corrected chi connectivity index (χ3v) is 5.29. The molecule has 3 aromatic rings. The highest BCUT2D eigenvalue weighted by molar-refractivity contribution is 6.30. The Kier molecular flexibility index (Phi) is 5.35. The van der Waals surface area contributed by atoms with Crippen LogP contribution in [0.25, 0.3) is 5.82 Å². The maximum absolute atomic E-state index is 13.1. The standard InChI is InChI=1S/C20H21ClN6O2/c1-2-17-16(13-22-27(17)18-6-7-19(28)24-23-18)20(29)26-10-8-25(9-11-26)15-5-3-4-14(21)12-15/h3-7,12-13H,2,8-11H2,1H3,(H,24,28). The van der Waals surface area contributed by atoms with Crippen molar-refractivity contribution in [3.05, 3.63) is 69.2 Å². The van der Waals surface area contributed by atoms with Crippen LogP contribution in [0.15, 0.2) is 47.4 Å². The van der Waals surface area contributed by atoms with Gasteiger partial charge in [0.25, 0.3) is 11.5 Å². The Labute approximate surface area is 172 Å². The zero-order valence-electron chi connectivity index (χ0n) is 16.0. The summed E-state index contributed by atoms with van der Waals surface area (Å²) >= 11 is 6.09. The number of carbonyl (C=O) groups is 1. The van der Waals surface area contributed by atoms with E-state index in [4.69, 9.17) is 11.6 Å². The Balaban J connectivity index is 1.50. The number of amides is 1. The van der Waals surface area contributed by atoms with E-state index in [0.717, 1.165) is 24.5 Å². The maximum Gasteiger partial charge on any atom is 0.264 e.